The number of halogens is 2. The zero-order chi connectivity index (χ0) is 31.2. The van der Waals surface area contributed by atoms with Crippen LogP contribution >= 0.6 is 23.2 Å². The Morgan fingerprint density at radius 1 is 0.889 bits per heavy atom. The lowest BCUT2D eigenvalue weighted by atomic mass is 9.96. The molecular formula is C36H37Cl2N5O2. The lowest BCUT2D eigenvalue weighted by molar-refractivity contribution is -0.109. The average molecular weight is 643 g/mol. The molecule has 6 rings (SSSR count). The van der Waals surface area contributed by atoms with E-state index in [-0.39, 0.29) is 0 Å². The van der Waals surface area contributed by atoms with Crippen LogP contribution in [0.25, 0.3) is 33.2 Å². The number of rotatable bonds is 13. The molecule has 2 N–H and O–H groups in total. The zero-order valence-corrected chi connectivity index (χ0v) is 26.9. The van der Waals surface area contributed by atoms with Crippen LogP contribution < -0.4 is 15.4 Å². The van der Waals surface area contributed by atoms with Crippen LogP contribution in [0.4, 0.5) is 0 Å². The lowest BCUT2D eigenvalue weighted by Gasteiger charge is -2.18. The van der Waals surface area contributed by atoms with Gasteiger partial charge in [0.15, 0.2) is 0 Å². The highest BCUT2D eigenvalue weighted by molar-refractivity contribution is 6.36. The molecule has 4 aromatic carbocycles. The van der Waals surface area contributed by atoms with Gasteiger partial charge in [0.05, 0.1) is 30.4 Å². The first-order valence-electron chi connectivity index (χ1n) is 15.3. The molecule has 5 aromatic rings. The summed E-state index contributed by atoms with van der Waals surface area (Å²) >= 11 is 13.9. The van der Waals surface area contributed by atoms with Crippen LogP contribution in [0.2, 0.25) is 10.0 Å². The third-order valence-electron chi connectivity index (χ3n) is 8.46. The van der Waals surface area contributed by atoms with Crippen LogP contribution in [-0.4, -0.2) is 54.4 Å². The number of ether oxygens (including phenoxy) is 1. The maximum absolute atomic E-state index is 10.4. The quantitative estimate of drug-likeness (QED) is 0.105. The van der Waals surface area contributed by atoms with E-state index >= 15 is 0 Å². The number of nitrogens with one attached hydrogen (secondary N) is 2. The van der Waals surface area contributed by atoms with E-state index in [1.54, 1.807) is 7.11 Å². The van der Waals surface area contributed by atoms with Crippen LogP contribution in [0.3, 0.4) is 0 Å². The Labute approximate surface area is 274 Å². The topological polar surface area (TPSA) is 71.4 Å². The molecular weight excluding hydrogens is 605 g/mol. The third-order valence-corrected chi connectivity index (χ3v) is 9.22. The maximum Gasteiger partial charge on any atom is 0.207 e. The predicted octanol–water partition coefficient (Wildman–Crippen LogP) is 7.17. The molecule has 1 aliphatic rings. The standard InChI is InChI=1S/C36H37Cl2N5O2/c1-45-35-19-27(33(37)18-28(35)22-42-16-2-3-17-42)23-43-34-9-5-7-30(32(34)21-41-43)31-8-4-6-29(36(31)38)26-12-10-25(11-13-26)20-39-14-15-40-24-44/h4-13,18-19,21,24,39H,2-3,14-17,20,22-23H2,1H3,(H,40,44). The summed E-state index contributed by atoms with van der Waals surface area (Å²) in [5.41, 5.74) is 8.25. The minimum atomic E-state index is 0.523. The number of likely N-dealkylation sites (tertiary alicyclic amines) is 1. The van der Waals surface area contributed by atoms with Gasteiger partial charge < -0.3 is 15.4 Å². The number of fused-ring (bicyclic) bond motifs is 1. The second-order valence-electron chi connectivity index (χ2n) is 11.4. The molecule has 7 nitrogen and oxygen atoms in total. The van der Waals surface area contributed by atoms with Gasteiger partial charge in [0.2, 0.25) is 6.41 Å². The molecule has 0 radical (unpaired) electrons. The summed E-state index contributed by atoms with van der Waals surface area (Å²) in [6, 6.07) is 24.9. The summed E-state index contributed by atoms with van der Waals surface area (Å²) in [5.74, 6) is 0.859. The molecule has 1 aliphatic heterocycles. The highest BCUT2D eigenvalue weighted by Crippen LogP contribution is 2.39. The predicted molar refractivity (Wildman–Crippen MR) is 183 cm³/mol. The molecule has 0 aliphatic carbocycles. The van der Waals surface area contributed by atoms with E-state index in [4.69, 9.17) is 33.0 Å². The van der Waals surface area contributed by atoms with Crippen molar-refractivity contribution < 1.29 is 9.53 Å². The normalized spacial score (nSPS) is 13.4. The van der Waals surface area contributed by atoms with Crippen molar-refractivity contribution in [3.05, 3.63) is 106 Å². The Kier molecular flexibility index (Phi) is 10.0. The van der Waals surface area contributed by atoms with Crippen LogP contribution in [0.5, 0.6) is 5.75 Å². The Morgan fingerprint density at radius 2 is 1.64 bits per heavy atom. The monoisotopic (exact) mass is 641 g/mol. The minimum Gasteiger partial charge on any atom is -0.496 e. The highest BCUT2D eigenvalue weighted by Gasteiger charge is 2.18. The number of carbonyl (C=O) groups is 1. The van der Waals surface area contributed by atoms with Gasteiger partial charge in [0, 0.05) is 53.3 Å². The van der Waals surface area contributed by atoms with Crippen molar-refractivity contribution in [3.8, 4) is 28.0 Å². The van der Waals surface area contributed by atoms with Crippen LogP contribution in [0.15, 0.2) is 79.0 Å². The average Bonchev–Trinajstić information content (AvgIpc) is 3.73. The third kappa shape index (κ3) is 7.02. The van der Waals surface area contributed by atoms with Crippen molar-refractivity contribution >= 4 is 40.5 Å². The molecule has 9 heteroatoms. The van der Waals surface area contributed by atoms with Gasteiger partial charge in [-0.15, -0.1) is 0 Å². The Bertz CT molecular complexity index is 1780. The van der Waals surface area contributed by atoms with Crippen molar-refractivity contribution in [2.45, 2.75) is 32.5 Å². The van der Waals surface area contributed by atoms with E-state index in [0.29, 0.717) is 31.1 Å². The van der Waals surface area contributed by atoms with Gasteiger partial charge in [-0.3, -0.25) is 14.4 Å². The molecule has 0 saturated carbocycles. The van der Waals surface area contributed by atoms with Gasteiger partial charge in [0.25, 0.3) is 0 Å². The molecule has 1 aromatic heterocycles. The summed E-state index contributed by atoms with van der Waals surface area (Å²) in [7, 11) is 1.72. The van der Waals surface area contributed by atoms with E-state index in [9.17, 15) is 4.79 Å². The van der Waals surface area contributed by atoms with Crippen molar-refractivity contribution in [1.29, 1.82) is 0 Å². The highest BCUT2D eigenvalue weighted by atomic mass is 35.5. The van der Waals surface area contributed by atoms with Crippen molar-refractivity contribution in [2.75, 3.05) is 33.3 Å². The lowest BCUT2D eigenvalue weighted by Crippen LogP contribution is -2.25. The molecule has 1 amide bonds. The summed E-state index contributed by atoms with van der Waals surface area (Å²) in [6.45, 7) is 5.64. The molecule has 1 saturated heterocycles. The second kappa shape index (κ2) is 14.5. The first-order valence-corrected chi connectivity index (χ1v) is 16.1. The molecule has 0 spiro atoms. The fourth-order valence-corrected chi connectivity index (χ4v) is 6.68. The smallest absolute Gasteiger partial charge is 0.207 e. The van der Waals surface area contributed by atoms with E-state index in [0.717, 1.165) is 86.8 Å². The number of hydrogen-bond acceptors (Lipinski definition) is 5. The molecule has 0 unspecified atom stereocenters. The minimum absolute atomic E-state index is 0.523. The number of carbonyl (C=O) groups excluding carboxylic acids is 1. The van der Waals surface area contributed by atoms with Crippen molar-refractivity contribution in [1.82, 2.24) is 25.3 Å². The molecule has 0 atom stereocenters. The second-order valence-corrected chi connectivity index (χ2v) is 12.2. The molecule has 232 valence electrons. The fraction of sp³-hybridized carbons (Fsp3) is 0.278. The fourth-order valence-electron chi connectivity index (χ4n) is 6.10. The van der Waals surface area contributed by atoms with Gasteiger partial charge >= 0.3 is 0 Å². The summed E-state index contributed by atoms with van der Waals surface area (Å²) in [6.07, 6.45) is 5.11. The number of aromatic nitrogens is 2. The summed E-state index contributed by atoms with van der Waals surface area (Å²) in [4.78, 5) is 12.9. The Balaban J connectivity index is 1.24. The summed E-state index contributed by atoms with van der Waals surface area (Å²) < 4.78 is 7.77. The van der Waals surface area contributed by atoms with Gasteiger partial charge in [0.1, 0.15) is 5.75 Å². The van der Waals surface area contributed by atoms with E-state index < -0.39 is 0 Å². The summed E-state index contributed by atoms with van der Waals surface area (Å²) in [5, 5.41) is 13.2. The Morgan fingerprint density at radius 3 is 2.42 bits per heavy atom. The van der Waals surface area contributed by atoms with Gasteiger partial charge in [-0.05, 0) is 66.4 Å². The zero-order valence-electron chi connectivity index (χ0n) is 25.4. The molecule has 2 heterocycles. The van der Waals surface area contributed by atoms with Gasteiger partial charge in [-0.25, -0.2) is 0 Å². The molecule has 1 fully saturated rings. The van der Waals surface area contributed by atoms with E-state index in [1.165, 1.54) is 12.8 Å². The van der Waals surface area contributed by atoms with Gasteiger partial charge in [-0.1, -0.05) is 77.8 Å². The van der Waals surface area contributed by atoms with Gasteiger partial charge in [-0.2, -0.15) is 5.10 Å². The first-order chi connectivity index (χ1) is 22.1. The first kappa shape index (κ1) is 31.1. The number of benzene rings is 4. The van der Waals surface area contributed by atoms with E-state index in [2.05, 4.69) is 70.1 Å². The molecule has 0 bridgehead atoms. The Hall–Kier alpha value is -3.88. The van der Waals surface area contributed by atoms with E-state index in [1.807, 2.05) is 29.1 Å². The van der Waals surface area contributed by atoms with Crippen LogP contribution in [-0.2, 0) is 24.4 Å². The van der Waals surface area contributed by atoms with Crippen LogP contribution in [0, 0.1) is 0 Å². The maximum atomic E-state index is 10.4. The SMILES string of the molecule is COc1cc(Cn2ncc3c(-c4cccc(-c5ccc(CNCCNC=O)cc5)c4Cl)cccc32)c(Cl)cc1CN1CCCC1. The number of hydrogen-bond donors (Lipinski definition) is 2. The van der Waals surface area contributed by atoms with Crippen molar-refractivity contribution in [2.24, 2.45) is 0 Å². The molecule has 45 heavy (non-hydrogen) atoms. The number of nitrogens with zero attached hydrogens (tertiary/aromatic N) is 3. The van der Waals surface area contributed by atoms with Crippen LogP contribution in [0.1, 0.15) is 29.5 Å². The largest absolute Gasteiger partial charge is 0.496 e. The number of amides is 1. The van der Waals surface area contributed by atoms with Crippen molar-refractivity contribution in [3.63, 3.8) is 0 Å². The number of methoxy groups -OCH3 is 1.